The molecule has 0 aliphatic carbocycles. The SMILES string of the molecule is Cc1ccccc1OCCCNC(=O)CCC(C)N.Cl. The van der Waals surface area contributed by atoms with E-state index in [-0.39, 0.29) is 24.4 Å². The van der Waals surface area contributed by atoms with Crippen molar-refractivity contribution in [3.05, 3.63) is 29.8 Å². The predicted molar refractivity (Wildman–Crippen MR) is 84.4 cm³/mol. The molecule has 0 fully saturated rings. The van der Waals surface area contributed by atoms with Gasteiger partial charge in [0.25, 0.3) is 0 Å². The van der Waals surface area contributed by atoms with E-state index in [1.807, 2.05) is 38.1 Å². The van der Waals surface area contributed by atoms with E-state index in [2.05, 4.69) is 5.32 Å². The molecule has 4 nitrogen and oxygen atoms in total. The fraction of sp³-hybridized carbons (Fsp3) is 0.533. The summed E-state index contributed by atoms with van der Waals surface area (Å²) in [6.07, 6.45) is 2.03. The molecule has 1 atom stereocenters. The third-order valence-electron chi connectivity index (χ3n) is 2.82. The van der Waals surface area contributed by atoms with Crippen molar-refractivity contribution in [2.24, 2.45) is 5.73 Å². The number of hydrogen-bond donors (Lipinski definition) is 2. The van der Waals surface area contributed by atoms with Crippen molar-refractivity contribution in [1.82, 2.24) is 5.32 Å². The lowest BCUT2D eigenvalue weighted by molar-refractivity contribution is -0.121. The van der Waals surface area contributed by atoms with Gasteiger partial charge in [0, 0.05) is 19.0 Å². The number of benzene rings is 1. The van der Waals surface area contributed by atoms with Gasteiger partial charge in [0.2, 0.25) is 5.91 Å². The minimum Gasteiger partial charge on any atom is -0.493 e. The molecule has 5 heteroatoms. The highest BCUT2D eigenvalue weighted by Gasteiger charge is 2.03. The molecule has 0 bridgehead atoms. The van der Waals surface area contributed by atoms with Crippen LogP contribution in [0.5, 0.6) is 5.75 Å². The Bertz CT molecular complexity index is 397. The number of para-hydroxylation sites is 1. The zero-order valence-corrected chi connectivity index (χ0v) is 13.0. The minimum atomic E-state index is 0. The smallest absolute Gasteiger partial charge is 0.220 e. The van der Waals surface area contributed by atoms with E-state index in [0.717, 1.165) is 24.2 Å². The standard InChI is InChI=1S/C15H24N2O2.ClH/c1-12-6-3-4-7-14(12)19-11-5-10-17-15(18)9-8-13(2)16;/h3-4,6-7,13H,5,8-11,16H2,1-2H3,(H,17,18);1H. The second-order valence-corrected chi connectivity index (χ2v) is 4.83. The van der Waals surface area contributed by atoms with Crippen LogP contribution in [0.4, 0.5) is 0 Å². The molecule has 0 aromatic heterocycles. The largest absolute Gasteiger partial charge is 0.493 e. The van der Waals surface area contributed by atoms with Crippen molar-refractivity contribution in [2.45, 2.75) is 39.2 Å². The molecule has 20 heavy (non-hydrogen) atoms. The maximum absolute atomic E-state index is 11.4. The van der Waals surface area contributed by atoms with Gasteiger partial charge < -0.3 is 15.8 Å². The maximum atomic E-state index is 11.4. The topological polar surface area (TPSA) is 64.3 Å². The highest BCUT2D eigenvalue weighted by Crippen LogP contribution is 2.15. The summed E-state index contributed by atoms with van der Waals surface area (Å²) in [5.74, 6) is 0.971. The fourth-order valence-corrected chi connectivity index (χ4v) is 1.65. The number of carbonyl (C=O) groups is 1. The van der Waals surface area contributed by atoms with Crippen molar-refractivity contribution < 1.29 is 9.53 Å². The summed E-state index contributed by atoms with van der Waals surface area (Å²) in [4.78, 5) is 11.4. The Hall–Kier alpha value is -1.26. The van der Waals surface area contributed by atoms with Gasteiger partial charge in [-0.05, 0) is 38.3 Å². The molecule has 3 N–H and O–H groups in total. The van der Waals surface area contributed by atoms with Gasteiger partial charge in [-0.15, -0.1) is 12.4 Å². The van der Waals surface area contributed by atoms with E-state index in [1.165, 1.54) is 0 Å². The van der Waals surface area contributed by atoms with Crippen molar-refractivity contribution >= 4 is 18.3 Å². The van der Waals surface area contributed by atoms with Crippen LogP contribution >= 0.6 is 12.4 Å². The number of amides is 1. The molecule has 0 saturated carbocycles. The zero-order valence-electron chi connectivity index (χ0n) is 12.2. The number of ether oxygens (including phenoxy) is 1. The second kappa shape index (κ2) is 10.5. The van der Waals surface area contributed by atoms with Gasteiger partial charge >= 0.3 is 0 Å². The maximum Gasteiger partial charge on any atom is 0.220 e. The van der Waals surface area contributed by atoms with Crippen LogP contribution in [-0.2, 0) is 4.79 Å². The van der Waals surface area contributed by atoms with Crippen molar-refractivity contribution in [1.29, 1.82) is 0 Å². The molecule has 0 heterocycles. The molecule has 1 rings (SSSR count). The molecule has 1 unspecified atom stereocenters. The second-order valence-electron chi connectivity index (χ2n) is 4.83. The van der Waals surface area contributed by atoms with Gasteiger partial charge in [-0.25, -0.2) is 0 Å². The molecule has 0 radical (unpaired) electrons. The van der Waals surface area contributed by atoms with Crippen molar-refractivity contribution in [3.63, 3.8) is 0 Å². The molecular formula is C15H25ClN2O2. The molecular weight excluding hydrogens is 276 g/mol. The summed E-state index contributed by atoms with van der Waals surface area (Å²) in [5.41, 5.74) is 6.72. The lowest BCUT2D eigenvalue weighted by Crippen LogP contribution is -2.27. The zero-order chi connectivity index (χ0) is 14.1. The average Bonchev–Trinajstić information content (AvgIpc) is 2.38. The molecule has 114 valence electrons. The Morgan fingerprint density at radius 3 is 2.75 bits per heavy atom. The Kier molecular flexibility index (Phi) is 9.86. The Labute approximate surface area is 127 Å². The predicted octanol–water partition coefficient (Wildman–Crippen LogP) is 2.43. The number of nitrogens with two attached hydrogens (primary N) is 1. The Balaban J connectivity index is 0.00000361. The molecule has 0 spiro atoms. The van der Waals surface area contributed by atoms with E-state index in [4.69, 9.17) is 10.5 Å². The molecule has 0 aliphatic rings. The number of rotatable bonds is 8. The van der Waals surface area contributed by atoms with Crippen molar-refractivity contribution in [2.75, 3.05) is 13.2 Å². The quantitative estimate of drug-likeness (QED) is 0.725. The minimum absolute atomic E-state index is 0. The van der Waals surface area contributed by atoms with Gasteiger partial charge in [0.05, 0.1) is 6.61 Å². The first-order chi connectivity index (χ1) is 9.09. The summed E-state index contributed by atoms with van der Waals surface area (Å²) in [6, 6.07) is 8.00. The van der Waals surface area contributed by atoms with Crippen LogP contribution in [0.1, 0.15) is 31.7 Å². The van der Waals surface area contributed by atoms with Crippen molar-refractivity contribution in [3.8, 4) is 5.75 Å². The van der Waals surface area contributed by atoms with Gasteiger partial charge in [-0.1, -0.05) is 18.2 Å². The van der Waals surface area contributed by atoms with Crippen LogP contribution < -0.4 is 15.8 Å². The summed E-state index contributed by atoms with van der Waals surface area (Å²) < 4.78 is 5.65. The monoisotopic (exact) mass is 300 g/mol. The average molecular weight is 301 g/mol. The van der Waals surface area contributed by atoms with Gasteiger partial charge in [-0.2, -0.15) is 0 Å². The van der Waals surface area contributed by atoms with E-state index >= 15 is 0 Å². The van der Waals surface area contributed by atoms with Crippen LogP contribution in [0.2, 0.25) is 0 Å². The fourth-order valence-electron chi connectivity index (χ4n) is 1.65. The summed E-state index contributed by atoms with van der Waals surface area (Å²) in [7, 11) is 0. The Morgan fingerprint density at radius 2 is 2.10 bits per heavy atom. The summed E-state index contributed by atoms with van der Waals surface area (Å²) in [5, 5.41) is 2.86. The molecule has 0 aliphatic heterocycles. The number of halogens is 1. The molecule has 1 aromatic rings. The van der Waals surface area contributed by atoms with E-state index in [0.29, 0.717) is 19.6 Å². The van der Waals surface area contributed by atoms with Crippen LogP contribution in [0, 0.1) is 6.92 Å². The number of aryl methyl sites for hydroxylation is 1. The summed E-state index contributed by atoms with van der Waals surface area (Å²) in [6.45, 7) is 5.18. The van der Waals surface area contributed by atoms with Crippen LogP contribution in [0.25, 0.3) is 0 Å². The first-order valence-electron chi connectivity index (χ1n) is 6.80. The lowest BCUT2D eigenvalue weighted by atomic mass is 10.2. The number of hydrogen-bond acceptors (Lipinski definition) is 3. The number of nitrogens with one attached hydrogen (secondary N) is 1. The highest BCUT2D eigenvalue weighted by molar-refractivity contribution is 5.85. The molecule has 1 aromatic carbocycles. The Morgan fingerprint density at radius 1 is 1.40 bits per heavy atom. The van der Waals surface area contributed by atoms with E-state index in [9.17, 15) is 4.79 Å². The van der Waals surface area contributed by atoms with E-state index in [1.54, 1.807) is 0 Å². The van der Waals surface area contributed by atoms with Gasteiger partial charge in [0.1, 0.15) is 5.75 Å². The van der Waals surface area contributed by atoms with Crippen LogP contribution in [0.15, 0.2) is 24.3 Å². The summed E-state index contributed by atoms with van der Waals surface area (Å²) >= 11 is 0. The van der Waals surface area contributed by atoms with Gasteiger partial charge in [-0.3, -0.25) is 4.79 Å². The third kappa shape index (κ3) is 8.02. The number of carbonyl (C=O) groups excluding carboxylic acids is 1. The molecule has 0 saturated heterocycles. The van der Waals surface area contributed by atoms with Gasteiger partial charge in [0.15, 0.2) is 0 Å². The highest BCUT2D eigenvalue weighted by atomic mass is 35.5. The normalized spacial score (nSPS) is 11.3. The first-order valence-corrected chi connectivity index (χ1v) is 6.80. The lowest BCUT2D eigenvalue weighted by Gasteiger charge is -2.09. The van der Waals surface area contributed by atoms with Crippen LogP contribution in [0.3, 0.4) is 0 Å². The third-order valence-corrected chi connectivity index (χ3v) is 2.82. The van der Waals surface area contributed by atoms with E-state index < -0.39 is 0 Å². The van der Waals surface area contributed by atoms with Crippen LogP contribution in [-0.4, -0.2) is 25.1 Å². The first kappa shape index (κ1) is 18.7. The molecule has 1 amide bonds.